The van der Waals surface area contributed by atoms with Crippen LogP contribution in [0.5, 0.6) is 5.75 Å². The summed E-state index contributed by atoms with van der Waals surface area (Å²) in [5.41, 5.74) is 2.36. The molecule has 0 bridgehead atoms. The van der Waals surface area contributed by atoms with Gasteiger partial charge in [0.25, 0.3) is 0 Å². The zero-order valence-corrected chi connectivity index (χ0v) is 12.4. The van der Waals surface area contributed by atoms with Crippen molar-refractivity contribution < 1.29 is 9.53 Å². The molecule has 0 saturated carbocycles. The molecular formula is C16H24N2O2. The first kappa shape index (κ1) is 14.9. The number of rotatable bonds is 6. The highest BCUT2D eigenvalue weighted by molar-refractivity contribution is 5.76. The number of carbonyl (C=O) groups is 1. The molecule has 110 valence electrons. The third-order valence-electron chi connectivity index (χ3n) is 3.73. The van der Waals surface area contributed by atoms with E-state index in [1.165, 1.54) is 5.56 Å². The predicted octanol–water partition coefficient (Wildman–Crippen LogP) is 2.11. The molecule has 2 rings (SSSR count). The number of amides is 1. The third-order valence-corrected chi connectivity index (χ3v) is 3.73. The molecule has 0 spiro atoms. The molecule has 1 aromatic rings. The van der Waals surface area contributed by atoms with Gasteiger partial charge in [0.1, 0.15) is 5.75 Å². The number of aryl methyl sites for hydroxylation is 1. The number of hydrogen-bond donors (Lipinski definition) is 1. The second-order valence-corrected chi connectivity index (χ2v) is 5.33. The quantitative estimate of drug-likeness (QED) is 0.809. The smallest absolute Gasteiger partial charge is 0.223 e. The van der Waals surface area contributed by atoms with Gasteiger partial charge in [-0.2, -0.15) is 0 Å². The van der Waals surface area contributed by atoms with Crippen LogP contribution in [-0.2, 0) is 11.3 Å². The van der Waals surface area contributed by atoms with Gasteiger partial charge in [-0.1, -0.05) is 17.7 Å². The molecule has 0 atom stereocenters. The number of ether oxygens (including phenoxy) is 1. The Morgan fingerprint density at radius 2 is 2.10 bits per heavy atom. The van der Waals surface area contributed by atoms with Gasteiger partial charge in [-0.15, -0.1) is 0 Å². The van der Waals surface area contributed by atoms with Crippen LogP contribution in [0, 0.1) is 6.92 Å². The molecule has 1 aromatic carbocycles. The van der Waals surface area contributed by atoms with Crippen molar-refractivity contribution >= 4 is 5.91 Å². The lowest BCUT2D eigenvalue weighted by Crippen LogP contribution is -2.30. The normalized spacial score (nSPS) is 14.6. The summed E-state index contributed by atoms with van der Waals surface area (Å²) in [7, 11) is 1.69. The maximum absolute atomic E-state index is 11.9. The monoisotopic (exact) mass is 276 g/mol. The highest BCUT2D eigenvalue weighted by atomic mass is 16.5. The van der Waals surface area contributed by atoms with Gasteiger partial charge in [-0.3, -0.25) is 4.79 Å². The van der Waals surface area contributed by atoms with Crippen LogP contribution in [0.25, 0.3) is 0 Å². The molecule has 1 heterocycles. The number of carbonyl (C=O) groups excluding carboxylic acids is 1. The van der Waals surface area contributed by atoms with E-state index in [1.807, 2.05) is 17.0 Å². The summed E-state index contributed by atoms with van der Waals surface area (Å²) >= 11 is 0. The first-order chi connectivity index (χ1) is 9.70. The summed E-state index contributed by atoms with van der Waals surface area (Å²) in [6.07, 6.45) is 2.88. The van der Waals surface area contributed by atoms with Gasteiger partial charge in [0.05, 0.1) is 7.11 Å². The van der Waals surface area contributed by atoms with Crippen molar-refractivity contribution in [2.75, 3.05) is 26.7 Å². The summed E-state index contributed by atoms with van der Waals surface area (Å²) in [6, 6.07) is 6.15. The summed E-state index contributed by atoms with van der Waals surface area (Å²) in [5, 5.41) is 3.33. The summed E-state index contributed by atoms with van der Waals surface area (Å²) in [5.74, 6) is 1.17. The van der Waals surface area contributed by atoms with Crippen LogP contribution >= 0.6 is 0 Å². The molecule has 1 saturated heterocycles. The van der Waals surface area contributed by atoms with E-state index < -0.39 is 0 Å². The van der Waals surface area contributed by atoms with E-state index in [4.69, 9.17) is 4.74 Å². The fourth-order valence-electron chi connectivity index (χ4n) is 2.59. The predicted molar refractivity (Wildman–Crippen MR) is 79.9 cm³/mol. The summed E-state index contributed by atoms with van der Waals surface area (Å²) in [6.45, 7) is 5.39. The van der Waals surface area contributed by atoms with E-state index in [2.05, 4.69) is 18.3 Å². The van der Waals surface area contributed by atoms with Crippen LogP contribution in [-0.4, -0.2) is 37.6 Å². The number of nitrogens with one attached hydrogen (secondary N) is 1. The number of likely N-dealkylation sites (tertiary alicyclic amines) is 1. The van der Waals surface area contributed by atoms with E-state index in [0.29, 0.717) is 13.0 Å². The Hall–Kier alpha value is -1.55. The Morgan fingerprint density at radius 3 is 2.80 bits per heavy atom. The Balaban J connectivity index is 1.75. The molecule has 0 aliphatic carbocycles. The van der Waals surface area contributed by atoms with Crippen LogP contribution in [0.1, 0.15) is 30.4 Å². The maximum Gasteiger partial charge on any atom is 0.223 e. The zero-order valence-electron chi connectivity index (χ0n) is 12.4. The van der Waals surface area contributed by atoms with Crippen molar-refractivity contribution in [3.8, 4) is 5.75 Å². The lowest BCUT2D eigenvalue weighted by atomic mass is 10.1. The van der Waals surface area contributed by atoms with Crippen molar-refractivity contribution in [3.05, 3.63) is 29.3 Å². The fraction of sp³-hybridized carbons (Fsp3) is 0.562. The van der Waals surface area contributed by atoms with Gasteiger partial charge in [0.15, 0.2) is 0 Å². The Morgan fingerprint density at radius 1 is 1.35 bits per heavy atom. The van der Waals surface area contributed by atoms with E-state index in [9.17, 15) is 4.79 Å². The largest absolute Gasteiger partial charge is 0.496 e. The van der Waals surface area contributed by atoms with Crippen molar-refractivity contribution in [1.82, 2.24) is 10.2 Å². The molecule has 1 fully saturated rings. The van der Waals surface area contributed by atoms with Gasteiger partial charge in [-0.25, -0.2) is 0 Å². The van der Waals surface area contributed by atoms with Gasteiger partial charge in [0.2, 0.25) is 5.91 Å². The number of benzene rings is 1. The topological polar surface area (TPSA) is 41.6 Å². The molecule has 1 N–H and O–H groups in total. The molecule has 4 nitrogen and oxygen atoms in total. The minimum atomic E-state index is 0.270. The SMILES string of the molecule is COc1ccc(C)cc1CNCCC(=O)N1CCCC1. The minimum absolute atomic E-state index is 0.270. The first-order valence-electron chi connectivity index (χ1n) is 7.32. The Bertz CT molecular complexity index is 454. The molecule has 1 amide bonds. The fourth-order valence-corrected chi connectivity index (χ4v) is 2.59. The van der Waals surface area contributed by atoms with Crippen LogP contribution in [0.3, 0.4) is 0 Å². The van der Waals surface area contributed by atoms with Gasteiger partial charge in [0, 0.05) is 38.2 Å². The lowest BCUT2D eigenvalue weighted by Gasteiger charge is -2.15. The molecular weight excluding hydrogens is 252 g/mol. The average molecular weight is 276 g/mol. The lowest BCUT2D eigenvalue weighted by molar-refractivity contribution is -0.130. The average Bonchev–Trinajstić information content (AvgIpc) is 2.98. The summed E-state index contributed by atoms with van der Waals surface area (Å²) in [4.78, 5) is 13.9. The first-order valence-corrected chi connectivity index (χ1v) is 7.32. The highest BCUT2D eigenvalue weighted by Gasteiger charge is 2.16. The number of nitrogens with zero attached hydrogens (tertiary/aromatic N) is 1. The molecule has 1 aliphatic rings. The van der Waals surface area contributed by atoms with Crippen molar-refractivity contribution in [2.45, 2.75) is 32.7 Å². The standard InChI is InChI=1S/C16H24N2O2/c1-13-5-6-15(20-2)14(11-13)12-17-8-7-16(19)18-9-3-4-10-18/h5-6,11,17H,3-4,7-10,12H2,1-2H3. The molecule has 0 unspecified atom stereocenters. The molecule has 0 radical (unpaired) electrons. The Labute approximate surface area is 121 Å². The van der Waals surface area contributed by atoms with E-state index in [1.54, 1.807) is 7.11 Å². The van der Waals surface area contributed by atoms with Crippen LogP contribution in [0.2, 0.25) is 0 Å². The third kappa shape index (κ3) is 3.97. The second kappa shape index (κ2) is 7.29. The summed E-state index contributed by atoms with van der Waals surface area (Å²) < 4.78 is 5.34. The molecule has 1 aliphatic heterocycles. The van der Waals surface area contributed by atoms with E-state index >= 15 is 0 Å². The second-order valence-electron chi connectivity index (χ2n) is 5.33. The number of hydrogen-bond acceptors (Lipinski definition) is 3. The van der Waals surface area contributed by atoms with Crippen molar-refractivity contribution in [2.24, 2.45) is 0 Å². The number of methoxy groups -OCH3 is 1. The highest BCUT2D eigenvalue weighted by Crippen LogP contribution is 2.19. The van der Waals surface area contributed by atoms with Gasteiger partial charge < -0.3 is 15.0 Å². The molecule has 0 aromatic heterocycles. The van der Waals surface area contributed by atoms with Crippen LogP contribution < -0.4 is 10.1 Å². The molecule has 20 heavy (non-hydrogen) atoms. The van der Waals surface area contributed by atoms with Crippen LogP contribution in [0.15, 0.2) is 18.2 Å². The van der Waals surface area contributed by atoms with Crippen molar-refractivity contribution in [3.63, 3.8) is 0 Å². The van der Waals surface area contributed by atoms with E-state index in [0.717, 1.165) is 43.8 Å². The minimum Gasteiger partial charge on any atom is -0.496 e. The van der Waals surface area contributed by atoms with Crippen molar-refractivity contribution in [1.29, 1.82) is 0 Å². The van der Waals surface area contributed by atoms with E-state index in [-0.39, 0.29) is 5.91 Å². The molecule has 4 heteroatoms. The Kier molecular flexibility index (Phi) is 5.41. The maximum atomic E-state index is 11.9. The van der Waals surface area contributed by atoms with Crippen LogP contribution in [0.4, 0.5) is 0 Å². The zero-order chi connectivity index (χ0) is 14.4. The van der Waals surface area contributed by atoms with Gasteiger partial charge in [-0.05, 0) is 25.8 Å². The van der Waals surface area contributed by atoms with Gasteiger partial charge >= 0.3 is 0 Å².